The van der Waals surface area contributed by atoms with Gasteiger partial charge >= 0.3 is 0 Å². The third kappa shape index (κ3) is 5.40. The minimum atomic E-state index is 0.861. The number of para-hydroxylation sites is 1. The van der Waals surface area contributed by atoms with Crippen molar-refractivity contribution in [2.75, 3.05) is 4.90 Å². The molecule has 0 unspecified atom stereocenters. The first-order valence-corrected chi connectivity index (χ1v) is 20.9. The number of fused-ring (bicyclic) bond motifs is 9. The van der Waals surface area contributed by atoms with Crippen LogP contribution in [0.25, 0.3) is 97.0 Å². The van der Waals surface area contributed by atoms with Gasteiger partial charge in [-0.2, -0.15) is 0 Å². The average molecular weight is 770 g/mol. The van der Waals surface area contributed by atoms with Crippen LogP contribution in [0, 0.1) is 0 Å². The van der Waals surface area contributed by atoms with E-state index in [0.717, 1.165) is 44.6 Å². The Morgan fingerprint density at radius 2 is 0.966 bits per heavy atom. The molecule has 0 N–H and O–H groups in total. The molecule has 10 aromatic carbocycles. The Balaban J connectivity index is 1.17. The molecule has 0 atom stereocenters. The number of furan rings is 1. The molecule has 0 spiro atoms. The molecule has 0 amide bonds. The number of nitrogens with zero attached hydrogens (tertiary/aromatic N) is 1. The summed E-state index contributed by atoms with van der Waals surface area (Å²) >= 11 is 1.87. The molecule has 0 saturated carbocycles. The van der Waals surface area contributed by atoms with Gasteiger partial charge in [0.2, 0.25) is 0 Å². The van der Waals surface area contributed by atoms with E-state index in [4.69, 9.17) is 4.42 Å². The van der Waals surface area contributed by atoms with E-state index in [1.165, 1.54) is 69.5 Å². The summed E-state index contributed by atoms with van der Waals surface area (Å²) in [7, 11) is 0. The highest BCUT2D eigenvalue weighted by atomic mass is 32.1. The standard InChI is InChI=1S/C56H35NOS/c1-2-15-36(16-3-1)38-17-12-18-39(35-38)53-45-22-6-4-19-42(45)43-20-5-7-23-46(43)55(53)57(49-27-14-29-51-54(49)48-24-8-10-28-50(48)58-51)40-33-31-37(32-34-40)41-25-13-26-47-44-21-9-11-30-52(44)59-56(41)47/h1-35H. The fourth-order valence-corrected chi connectivity index (χ4v) is 10.5. The van der Waals surface area contributed by atoms with Gasteiger partial charge in [-0.25, -0.2) is 0 Å². The minimum absolute atomic E-state index is 0.861. The lowest BCUT2D eigenvalue weighted by Gasteiger charge is -2.31. The van der Waals surface area contributed by atoms with Gasteiger partial charge in [-0.3, -0.25) is 0 Å². The summed E-state index contributed by atoms with van der Waals surface area (Å²) in [6, 6.07) is 77.0. The van der Waals surface area contributed by atoms with E-state index in [1.54, 1.807) is 0 Å². The highest BCUT2D eigenvalue weighted by molar-refractivity contribution is 7.26. The van der Waals surface area contributed by atoms with Crippen LogP contribution in [-0.4, -0.2) is 0 Å². The van der Waals surface area contributed by atoms with E-state index < -0.39 is 0 Å². The molecule has 12 rings (SSSR count). The van der Waals surface area contributed by atoms with Crippen LogP contribution in [0.1, 0.15) is 0 Å². The number of hydrogen-bond donors (Lipinski definition) is 0. The van der Waals surface area contributed by atoms with E-state index in [-0.39, 0.29) is 0 Å². The fourth-order valence-electron chi connectivity index (χ4n) is 9.23. The molecule has 0 fully saturated rings. The van der Waals surface area contributed by atoms with Gasteiger partial charge in [0.05, 0.1) is 16.8 Å². The lowest BCUT2D eigenvalue weighted by molar-refractivity contribution is 0.669. The zero-order valence-corrected chi connectivity index (χ0v) is 32.8. The van der Waals surface area contributed by atoms with Crippen LogP contribution in [0.5, 0.6) is 0 Å². The zero-order valence-electron chi connectivity index (χ0n) is 32.0. The molecule has 0 aliphatic rings. The van der Waals surface area contributed by atoms with Crippen molar-refractivity contribution < 1.29 is 4.42 Å². The van der Waals surface area contributed by atoms with Gasteiger partial charge in [-0.05, 0) is 86.4 Å². The summed E-state index contributed by atoms with van der Waals surface area (Å²) in [6.45, 7) is 0. The molecule has 0 saturated heterocycles. The molecule has 0 aliphatic carbocycles. The van der Waals surface area contributed by atoms with Crippen molar-refractivity contribution in [1.29, 1.82) is 0 Å². The van der Waals surface area contributed by atoms with E-state index in [2.05, 4.69) is 211 Å². The second-order valence-electron chi connectivity index (χ2n) is 15.2. The van der Waals surface area contributed by atoms with Crippen molar-refractivity contribution in [2.45, 2.75) is 0 Å². The van der Waals surface area contributed by atoms with Crippen LogP contribution in [0.4, 0.5) is 17.1 Å². The molecule has 0 radical (unpaired) electrons. The molecule has 59 heavy (non-hydrogen) atoms. The van der Waals surface area contributed by atoms with Crippen LogP contribution in [0.15, 0.2) is 217 Å². The summed E-state index contributed by atoms with van der Waals surface area (Å²) in [5, 5.41) is 9.61. The molecule has 12 aromatic rings. The fraction of sp³-hybridized carbons (Fsp3) is 0. The van der Waals surface area contributed by atoms with E-state index >= 15 is 0 Å². The Kier molecular flexibility index (Phi) is 7.75. The second kappa shape index (κ2) is 13.6. The minimum Gasteiger partial charge on any atom is -0.456 e. The van der Waals surface area contributed by atoms with E-state index in [0.29, 0.717) is 0 Å². The molecule has 2 nitrogen and oxygen atoms in total. The Morgan fingerprint density at radius 1 is 0.373 bits per heavy atom. The van der Waals surface area contributed by atoms with Crippen LogP contribution < -0.4 is 4.90 Å². The predicted octanol–water partition coefficient (Wildman–Crippen LogP) is 16.7. The van der Waals surface area contributed by atoms with Gasteiger partial charge in [0, 0.05) is 42.2 Å². The third-order valence-corrected chi connectivity index (χ3v) is 13.1. The topological polar surface area (TPSA) is 16.4 Å². The molecule has 0 aliphatic heterocycles. The maximum atomic E-state index is 6.57. The van der Waals surface area contributed by atoms with Crippen LogP contribution in [0.3, 0.4) is 0 Å². The first kappa shape index (κ1) is 33.7. The van der Waals surface area contributed by atoms with Crippen LogP contribution >= 0.6 is 11.3 Å². The van der Waals surface area contributed by atoms with Gasteiger partial charge < -0.3 is 9.32 Å². The molecule has 2 aromatic heterocycles. The summed E-state index contributed by atoms with van der Waals surface area (Å²) in [4.78, 5) is 2.49. The molecule has 3 heteroatoms. The highest BCUT2D eigenvalue weighted by Gasteiger charge is 2.26. The van der Waals surface area contributed by atoms with Crippen molar-refractivity contribution in [3.8, 4) is 33.4 Å². The van der Waals surface area contributed by atoms with E-state index in [9.17, 15) is 0 Å². The maximum Gasteiger partial charge on any atom is 0.137 e. The summed E-state index contributed by atoms with van der Waals surface area (Å²) in [5.74, 6) is 0. The first-order chi connectivity index (χ1) is 29.3. The first-order valence-electron chi connectivity index (χ1n) is 20.1. The summed E-state index contributed by atoms with van der Waals surface area (Å²) < 4.78 is 9.19. The molecule has 0 bridgehead atoms. The number of thiophene rings is 1. The lowest BCUT2D eigenvalue weighted by Crippen LogP contribution is -2.13. The molecule has 2 heterocycles. The zero-order chi connectivity index (χ0) is 38.9. The number of benzene rings is 10. The Hall–Kier alpha value is -7.46. The third-order valence-electron chi connectivity index (χ3n) is 11.8. The van der Waals surface area contributed by atoms with Gasteiger partial charge in [0.1, 0.15) is 11.2 Å². The second-order valence-corrected chi connectivity index (χ2v) is 16.2. The van der Waals surface area contributed by atoms with Crippen molar-refractivity contribution in [1.82, 2.24) is 0 Å². The number of hydrogen-bond acceptors (Lipinski definition) is 3. The predicted molar refractivity (Wildman–Crippen MR) is 253 cm³/mol. The molecular formula is C56H35NOS. The van der Waals surface area contributed by atoms with Crippen molar-refractivity contribution in [3.05, 3.63) is 212 Å². The SMILES string of the molecule is c1ccc(-c2cccc(-c3c(N(c4ccc(-c5cccc6c5sc5ccccc56)cc4)c4cccc5oc6ccccc6c45)c4ccccc4c4ccccc34)c2)cc1. The maximum absolute atomic E-state index is 6.57. The Labute approximate surface area is 345 Å². The van der Waals surface area contributed by atoms with Crippen molar-refractivity contribution >= 4 is 92.1 Å². The van der Waals surface area contributed by atoms with Gasteiger partial charge in [-0.1, -0.05) is 170 Å². The van der Waals surface area contributed by atoms with Gasteiger partial charge in [0.15, 0.2) is 0 Å². The monoisotopic (exact) mass is 769 g/mol. The van der Waals surface area contributed by atoms with Gasteiger partial charge in [-0.15, -0.1) is 11.3 Å². The largest absolute Gasteiger partial charge is 0.456 e. The van der Waals surface area contributed by atoms with Crippen molar-refractivity contribution in [3.63, 3.8) is 0 Å². The number of anilines is 3. The number of rotatable bonds is 6. The van der Waals surface area contributed by atoms with Crippen LogP contribution in [0.2, 0.25) is 0 Å². The molecule has 276 valence electrons. The summed E-state index contributed by atoms with van der Waals surface area (Å²) in [6.07, 6.45) is 0. The van der Waals surface area contributed by atoms with E-state index in [1.807, 2.05) is 17.4 Å². The van der Waals surface area contributed by atoms with Crippen molar-refractivity contribution in [2.24, 2.45) is 0 Å². The Bertz CT molecular complexity index is 3560. The normalized spacial score (nSPS) is 11.7. The smallest absolute Gasteiger partial charge is 0.137 e. The Morgan fingerprint density at radius 3 is 1.80 bits per heavy atom. The summed E-state index contributed by atoms with van der Waals surface area (Å²) in [5.41, 5.74) is 12.1. The highest BCUT2D eigenvalue weighted by Crippen LogP contribution is 2.52. The van der Waals surface area contributed by atoms with Crippen LogP contribution in [-0.2, 0) is 0 Å². The molecular weight excluding hydrogens is 735 g/mol. The van der Waals surface area contributed by atoms with Gasteiger partial charge in [0.25, 0.3) is 0 Å². The average Bonchev–Trinajstić information content (AvgIpc) is 3.89. The lowest BCUT2D eigenvalue weighted by atomic mass is 9.88. The quantitative estimate of drug-likeness (QED) is 0.157.